The van der Waals surface area contributed by atoms with Crippen molar-refractivity contribution in [2.75, 3.05) is 10.1 Å². The number of carbonyl (C=O) groups is 1. The molecule has 4 nitrogen and oxygen atoms in total. The molecule has 0 amide bonds. The number of halogens is 1. The van der Waals surface area contributed by atoms with Gasteiger partial charge in [0.15, 0.2) is 5.78 Å². The number of nitrogens with zero attached hydrogens (tertiary/aromatic N) is 1. The van der Waals surface area contributed by atoms with E-state index < -0.39 is 21.3 Å². The van der Waals surface area contributed by atoms with Crippen molar-refractivity contribution in [3.8, 4) is 0 Å². The number of carbonyl (C=O) groups excluding carboxylic acids is 1. The standard InChI is InChI=1S/C13H16BrNO3S/c1-8-5-10(6-9(2)12(8)14)15-13(3,4)11(16)7-19(15,17)18/h5-6H,7H2,1-4H3. The lowest BCUT2D eigenvalue weighted by molar-refractivity contribution is -0.119. The Balaban J connectivity index is 2.67. The van der Waals surface area contributed by atoms with Crippen molar-refractivity contribution in [1.82, 2.24) is 0 Å². The van der Waals surface area contributed by atoms with Crippen molar-refractivity contribution >= 4 is 37.4 Å². The largest absolute Gasteiger partial charge is 0.296 e. The Morgan fingerprint density at radius 3 is 2.05 bits per heavy atom. The molecule has 0 aliphatic carbocycles. The van der Waals surface area contributed by atoms with Crippen molar-refractivity contribution in [3.63, 3.8) is 0 Å². The molecule has 0 atom stereocenters. The lowest BCUT2D eigenvalue weighted by Gasteiger charge is -2.30. The van der Waals surface area contributed by atoms with Crippen LogP contribution >= 0.6 is 15.9 Å². The molecular formula is C13H16BrNO3S. The third kappa shape index (κ3) is 2.21. The molecule has 0 saturated carbocycles. The zero-order valence-corrected chi connectivity index (χ0v) is 13.7. The first-order valence-corrected chi connectivity index (χ1v) is 8.31. The van der Waals surface area contributed by atoms with Crippen LogP contribution in [-0.4, -0.2) is 25.5 Å². The summed E-state index contributed by atoms with van der Waals surface area (Å²) in [5.41, 5.74) is 1.42. The molecule has 0 aromatic heterocycles. The lowest BCUT2D eigenvalue weighted by Crippen LogP contribution is -2.44. The highest BCUT2D eigenvalue weighted by Gasteiger charge is 2.50. The van der Waals surface area contributed by atoms with Crippen molar-refractivity contribution in [2.45, 2.75) is 33.2 Å². The molecule has 1 aromatic carbocycles. The van der Waals surface area contributed by atoms with Crippen LogP contribution in [0.2, 0.25) is 0 Å². The van der Waals surface area contributed by atoms with Gasteiger partial charge in [-0.3, -0.25) is 9.10 Å². The van der Waals surface area contributed by atoms with Gasteiger partial charge in [-0.25, -0.2) is 8.42 Å². The normalized spacial score (nSPS) is 20.9. The Morgan fingerprint density at radius 2 is 1.68 bits per heavy atom. The van der Waals surface area contributed by atoms with E-state index in [1.54, 1.807) is 26.0 Å². The zero-order chi connectivity index (χ0) is 14.6. The fourth-order valence-corrected chi connectivity index (χ4v) is 4.66. The number of benzene rings is 1. The van der Waals surface area contributed by atoms with Gasteiger partial charge >= 0.3 is 0 Å². The molecule has 19 heavy (non-hydrogen) atoms. The first kappa shape index (κ1) is 14.5. The molecule has 0 unspecified atom stereocenters. The zero-order valence-electron chi connectivity index (χ0n) is 11.3. The van der Waals surface area contributed by atoms with Crippen LogP contribution in [0.3, 0.4) is 0 Å². The fourth-order valence-electron chi connectivity index (χ4n) is 2.39. The van der Waals surface area contributed by atoms with Crippen molar-refractivity contribution in [1.29, 1.82) is 0 Å². The van der Waals surface area contributed by atoms with Gasteiger partial charge in [0, 0.05) is 4.47 Å². The molecule has 104 valence electrons. The second kappa shape index (κ2) is 4.31. The molecule has 1 fully saturated rings. The van der Waals surface area contributed by atoms with Crippen LogP contribution in [-0.2, 0) is 14.8 Å². The summed E-state index contributed by atoms with van der Waals surface area (Å²) in [4.78, 5) is 11.9. The SMILES string of the molecule is Cc1cc(N2C(C)(C)C(=O)CS2(=O)=O)cc(C)c1Br. The number of rotatable bonds is 1. The van der Waals surface area contributed by atoms with Crippen LogP contribution in [0, 0.1) is 13.8 Å². The quantitative estimate of drug-likeness (QED) is 0.785. The second-order valence-corrected chi connectivity index (χ2v) is 8.01. The first-order chi connectivity index (χ1) is 8.57. The summed E-state index contributed by atoms with van der Waals surface area (Å²) in [7, 11) is -3.57. The minimum atomic E-state index is -3.57. The Labute approximate surface area is 122 Å². The van der Waals surface area contributed by atoms with Gasteiger partial charge in [-0.1, -0.05) is 15.9 Å². The van der Waals surface area contributed by atoms with Gasteiger partial charge in [0.2, 0.25) is 10.0 Å². The van der Waals surface area contributed by atoms with E-state index in [1.807, 2.05) is 13.8 Å². The van der Waals surface area contributed by atoms with Crippen molar-refractivity contribution < 1.29 is 13.2 Å². The average molecular weight is 346 g/mol. The Kier molecular flexibility index (Phi) is 3.30. The third-order valence-corrected chi connectivity index (χ3v) is 6.54. The maximum Gasteiger partial charge on any atom is 0.243 e. The predicted molar refractivity (Wildman–Crippen MR) is 79.0 cm³/mol. The van der Waals surface area contributed by atoms with Crippen LogP contribution < -0.4 is 4.31 Å². The van der Waals surface area contributed by atoms with Gasteiger partial charge in [-0.15, -0.1) is 0 Å². The number of sulfonamides is 1. The third-order valence-electron chi connectivity index (χ3n) is 3.44. The van der Waals surface area contributed by atoms with Gasteiger partial charge in [0.1, 0.15) is 11.3 Å². The number of hydrogen-bond donors (Lipinski definition) is 0. The summed E-state index contributed by atoms with van der Waals surface area (Å²) >= 11 is 3.46. The molecule has 0 N–H and O–H groups in total. The van der Waals surface area contributed by atoms with Gasteiger partial charge < -0.3 is 0 Å². The number of aryl methyl sites for hydroxylation is 2. The van der Waals surface area contributed by atoms with E-state index in [-0.39, 0.29) is 5.78 Å². The Hall–Kier alpha value is -0.880. The number of ketones is 1. The van der Waals surface area contributed by atoms with Crippen molar-refractivity contribution in [3.05, 3.63) is 27.7 Å². The molecule has 1 heterocycles. The molecule has 1 aliphatic heterocycles. The molecule has 2 rings (SSSR count). The predicted octanol–water partition coefficient (Wildman–Crippen LogP) is 2.56. The second-order valence-electron chi connectivity index (χ2n) is 5.40. The van der Waals surface area contributed by atoms with E-state index >= 15 is 0 Å². The minimum Gasteiger partial charge on any atom is -0.296 e. The van der Waals surface area contributed by atoms with E-state index in [1.165, 1.54) is 4.31 Å². The highest BCUT2D eigenvalue weighted by molar-refractivity contribution is 9.10. The molecule has 1 aliphatic rings. The van der Waals surface area contributed by atoms with E-state index in [4.69, 9.17) is 0 Å². The van der Waals surface area contributed by atoms with Crippen LogP contribution in [0.1, 0.15) is 25.0 Å². The van der Waals surface area contributed by atoms with Gasteiger partial charge in [0.25, 0.3) is 0 Å². The van der Waals surface area contributed by atoms with Gasteiger partial charge in [-0.05, 0) is 51.0 Å². The molecule has 0 bridgehead atoms. The lowest BCUT2D eigenvalue weighted by atomic mass is 9.99. The molecule has 0 radical (unpaired) electrons. The smallest absolute Gasteiger partial charge is 0.243 e. The molecule has 0 spiro atoms. The van der Waals surface area contributed by atoms with E-state index in [0.717, 1.165) is 15.6 Å². The van der Waals surface area contributed by atoms with Gasteiger partial charge in [-0.2, -0.15) is 0 Å². The number of anilines is 1. The Morgan fingerprint density at radius 1 is 1.21 bits per heavy atom. The van der Waals surface area contributed by atoms with Crippen LogP contribution in [0.4, 0.5) is 5.69 Å². The topological polar surface area (TPSA) is 54.5 Å². The van der Waals surface area contributed by atoms with Crippen LogP contribution in [0.5, 0.6) is 0 Å². The maximum atomic E-state index is 12.2. The molecule has 6 heteroatoms. The van der Waals surface area contributed by atoms with Crippen LogP contribution in [0.25, 0.3) is 0 Å². The summed E-state index contributed by atoms with van der Waals surface area (Å²) in [6, 6.07) is 3.57. The van der Waals surface area contributed by atoms with Crippen molar-refractivity contribution in [2.24, 2.45) is 0 Å². The summed E-state index contributed by atoms with van der Waals surface area (Å²) in [6.07, 6.45) is 0. The molecule has 1 saturated heterocycles. The van der Waals surface area contributed by atoms with E-state index in [9.17, 15) is 13.2 Å². The monoisotopic (exact) mass is 345 g/mol. The highest BCUT2D eigenvalue weighted by atomic mass is 79.9. The number of hydrogen-bond acceptors (Lipinski definition) is 3. The average Bonchev–Trinajstić information content (AvgIpc) is 2.39. The van der Waals surface area contributed by atoms with Gasteiger partial charge in [0.05, 0.1) is 5.69 Å². The summed E-state index contributed by atoms with van der Waals surface area (Å²) in [6.45, 7) is 7.09. The molecular weight excluding hydrogens is 330 g/mol. The maximum absolute atomic E-state index is 12.2. The minimum absolute atomic E-state index is 0.272. The van der Waals surface area contributed by atoms with E-state index in [2.05, 4.69) is 15.9 Å². The summed E-state index contributed by atoms with van der Waals surface area (Å²) < 4.78 is 26.6. The fraction of sp³-hybridized carbons (Fsp3) is 0.462. The highest BCUT2D eigenvalue weighted by Crippen LogP contribution is 2.37. The molecule has 1 aromatic rings. The number of Topliss-reactive ketones (excluding diaryl/α,β-unsaturated/α-hetero) is 1. The Bertz CT molecular complexity index is 641. The first-order valence-electron chi connectivity index (χ1n) is 5.90. The summed E-state index contributed by atoms with van der Waals surface area (Å²) in [5, 5.41) is 0. The summed E-state index contributed by atoms with van der Waals surface area (Å²) in [5.74, 6) is -0.695. The van der Waals surface area contributed by atoms with E-state index in [0.29, 0.717) is 5.69 Å². The van der Waals surface area contributed by atoms with Crippen LogP contribution in [0.15, 0.2) is 16.6 Å².